The van der Waals surface area contributed by atoms with Gasteiger partial charge in [0, 0.05) is 50.8 Å². The Bertz CT molecular complexity index is 681. The molecule has 2 aromatic heterocycles. The van der Waals surface area contributed by atoms with Crippen LogP contribution in [-0.4, -0.2) is 57.9 Å². The average Bonchev–Trinajstić information content (AvgIpc) is 3.35. The summed E-state index contributed by atoms with van der Waals surface area (Å²) < 4.78 is 2.01. The van der Waals surface area contributed by atoms with E-state index in [2.05, 4.69) is 20.3 Å². The third kappa shape index (κ3) is 3.60. The topological polar surface area (TPSA) is 66.3 Å². The molecule has 2 aromatic rings. The van der Waals surface area contributed by atoms with Crippen molar-refractivity contribution < 1.29 is 4.79 Å². The number of carbonyl (C=O) groups excluding carboxylic acids is 1. The molecule has 4 rings (SSSR count). The number of urea groups is 1. The minimum absolute atomic E-state index is 0.0618. The second kappa shape index (κ2) is 7.13. The third-order valence-electron chi connectivity index (χ3n) is 5.14. The molecule has 0 bridgehead atoms. The van der Waals surface area contributed by atoms with Crippen LogP contribution in [0.2, 0.25) is 0 Å². The van der Waals surface area contributed by atoms with Crippen LogP contribution in [0.15, 0.2) is 42.9 Å². The van der Waals surface area contributed by atoms with Crippen molar-refractivity contribution in [3.63, 3.8) is 0 Å². The van der Waals surface area contributed by atoms with Crippen LogP contribution in [0.3, 0.4) is 0 Å². The van der Waals surface area contributed by atoms with E-state index in [0.29, 0.717) is 6.04 Å². The minimum Gasteiger partial charge on any atom is -0.354 e. The maximum Gasteiger partial charge on any atom is 0.317 e. The van der Waals surface area contributed by atoms with Gasteiger partial charge in [-0.25, -0.2) is 9.78 Å². The summed E-state index contributed by atoms with van der Waals surface area (Å²) in [6.07, 6.45) is 8.51. The molecule has 2 aliphatic heterocycles. The Hall–Kier alpha value is -2.57. The van der Waals surface area contributed by atoms with Gasteiger partial charge in [-0.2, -0.15) is 5.10 Å². The Morgan fingerprint density at radius 3 is 2.68 bits per heavy atom. The van der Waals surface area contributed by atoms with Gasteiger partial charge in [0.05, 0.1) is 6.04 Å². The fourth-order valence-corrected chi connectivity index (χ4v) is 3.72. The lowest BCUT2D eigenvalue weighted by Crippen LogP contribution is -2.48. The van der Waals surface area contributed by atoms with Gasteiger partial charge in [0.25, 0.3) is 0 Å². The first-order valence-electron chi connectivity index (χ1n) is 9.00. The molecule has 2 aliphatic rings. The molecule has 7 nitrogen and oxygen atoms in total. The molecular formula is C18H24N6O. The molecule has 2 fully saturated rings. The fraction of sp³-hybridized carbons (Fsp3) is 0.500. The summed E-state index contributed by atoms with van der Waals surface area (Å²) in [6, 6.07) is 8.55. The second-order valence-electron chi connectivity index (χ2n) is 6.77. The van der Waals surface area contributed by atoms with Gasteiger partial charge in [-0.3, -0.25) is 4.68 Å². The van der Waals surface area contributed by atoms with Crippen LogP contribution in [0.5, 0.6) is 0 Å². The highest BCUT2D eigenvalue weighted by Gasteiger charge is 2.28. The van der Waals surface area contributed by atoms with Gasteiger partial charge in [0.1, 0.15) is 5.82 Å². The van der Waals surface area contributed by atoms with Crippen molar-refractivity contribution in [3.8, 4) is 0 Å². The molecule has 1 atom stereocenters. The minimum atomic E-state index is 0.0618. The predicted molar refractivity (Wildman–Crippen MR) is 95.5 cm³/mol. The summed E-state index contributed by atoms with van der Waals surface area (Å²) in [5.41, 5.74) is 0. The number of amides is 2. The van der Waals surface area contributed by atoms with Gasteiger partial charge in [-0.15, -0.1) is 0 Å². The van der Waals surface area contributed by atoms with Crippen molar-refractivity contribution >= 4 is 11.8 Å². The summed E-state index contributed by atoms with van der Waals surface area (Å²) in [7, 11) is 0. The van der Waals surface area contributed by atoms with E-state index in [9.17, 15) is 4.79 Å². The van der Waals surface area contributed by atoms with Crippen LogP contribution in [-0.2, 0) is 0 Å². The van der Waals surface area contributed by atoms with Gasteiger partial charge in [0.2, 0.25) is 0 Å². The van der Waals surface area contributed by atoms with E-state index in [-0.39, 0.29) is 12.1 Å². The van der Waals surface area contributed by atoms with Crippen molar-refractivity contribution in [2.24, 2.45) is 0 Å². The van der Waals surface area contributed by atoms with Crippen LogP contribution in [0.25, 0.3) is 0 Å². The summed E-state index contributed by atoms with van der Waals surface area (Å²) >= 11 is 0. The van der Waals surface area contributed by atoms with Gasteiger partial charge >= 0.3 is 6.03 Å². The molecule has 1 N–H and O–H groups in total. The Kier molecular flexibility index (Phi) is 4.54. The fourth-order valence-electron chi connectivity index (χ4n) is 3.72. The van der Waals surface area contributed by atoms with Crippen LogP contribution in [0, 0.1) is 0 Å². The van der Waals surface area contributed by atoms with E-state index in [0.717, 1.165) is 51.3 Å². The molecule has 0 spiro atoms. The van der Waals surface area contributed by atoms with Crippen molar-refractivity contribution in [1.29, 1.82) is 0 Å². The average molecular weight is 340 g/mol. The smallest absolute Gasteiger partial charge is 0.317 e. The first-order valence-corrected chi connectivity index (χ1v) is 9.00. The van der Waals surface area contributed by atoms with Gasteiger partial charge in [-0.1, -0.05) is 6.07 Å². The highest BCUT2D eigenvalue weighted by Crippen LogP contribution is 2.22. The molecule has 2 saturated heterocycles. The number of aromatic nitrogens is 3. The molecular weight excluding hydrogens is 316 g/mol. The Balaban J connectivity index is 1.26. The van der Waals surface area contributed by atoms with E-state index >= 15 is 0 Å². The number of nitrogens with one attached hydrogen (secondary N) is 1. The number of anilines is 1. The number of pyridine rings is 1. The van der Waals surface area contributed by atoms with E-state index in [4.69, 9.17) is 0 Å². The number of hydrogen-bond donors (Lipinski definition) is 1. The zero-order chi connectivity index (χ0) is 17.1. The number of hydrogen-bond acceptors (Lipinski definition) is 4. The van der Waals surface area contributed by atoms with Crippen molar-refractivity contribution in [3.05, 3.63) is 42.9 Å². The van der Waals surface area contributed by atoms with E-state index in [1.54, 1.807) is 0 Å². The molecule has 0 aromatic carbocycles. The normalized spacial score (nSPS) is 21.5. The van der Waals surface area contributed by atoms with Crippen molar-refractivity contribution in [2.75, 3.05) is 31.1 Å². The first kappa shape index (κ1) is 15.9. The van der Waals surface area contributed by atoms with Crippen LogP contribution in [0.1, 0.15) is 25.3 Å². The van der Waals surface area contributed by atoms with Gasteiger partial charge < -0.3 is 15.1 Å². The lowest BCUT2D eigenvalue weighted by molar-refractivity contribution is 0.166. The zero-order valence-corrected chi connectivity index (χ0v) is 14.3. The molecule has 132 valence electrons. The van der Waals surface area contributed by atoms with E-state index in [1.165, 1.54) is 0 Å². The molecule has 0 unspecified atom stereocenters. The second-order valence-corrected chi connectivity index (χ2v) is 6.77. The Morgan fingerprint density at radius 1 is 1.08 bits per heavy atom. The Labute approximate surface area is 147 Å². The SMILES string of the molecule is O=C(N[C@H]1CCN(c2ccccn2)C1)N1CCC(n2cccn2)CC1. The summed E-state index contributed by atoms with van der Waals surface area (Å²) in [6.45, 7) is 3.33. The highest BCUT2D eigenvalue weighted by molar-refractivity contribution is 5.74. The van der Waals surface area contributed by atoms with Crippen LogP contribution < -0.4 is 10.2 Å². The molecule has 25 heavy (non-hydrogen) atoms. The van der Waals surface area contributed by atoms with Gasteiger partial charge in [0.15, 0.2) is 0 Å². The molecule has 0 saturated carbocycles. The number of rotatable bonds is 3. The predicted octanol–water partition coefficient (Wildman–Crippen LogP) is 1.90. The molecule has 0 aliphatic carbocycles. The molecule has 0 radical (unpaired) electrons. The van der Waals surface area contributed by atoms with Crippen molar-refractivity contribution in [1.82, 2.24) is 25.0 Å². The largest absolute Gasteiger partial charge is 0.354 e. The standard InChI is InChI=1S/C18H24N6O/c25-18(22-12-6-16(7-13-22)24-10-3-9-20-24)21-15-5-11-23(14-15)17-4-1-2-8-19-17/h1-4,8-10,15-16H,5-7,11-14H2,(H,21,25)/t15-/m0/s1. The molecule has 7 heteroatoms. The van der Waals surface area contributed by atoms with Crippen molar-refractivity contribution in [2.45, 2.75) is 31.3 Å². The third-order valence-corrected chi connectivity index (χ3v) is 5.14. The first-order chi connectivity index (χ1) is 12.3. The maximum atomic E-state index is 12.5. The number of carbonyl (C=O) groups is 1. The van der Waals surface area contributed by atoms with E-state index in [1.807, 2.05) is 52.4 Å². The van der Waals surface area contributed by atoms with E-state index < -0.39 is 0 Å². The molecule has 2 amide bonds. The zero-order valence-electron chi connectivity index (χ0n) is 14.3. The summed E-state index contributed by atoms with van der Waals surface area (Å²) in [5.74, 6) is 0.985. The molecule has 4 heterocycles. The van der Waals surface area contributed by atoms with Crippen LogP contribution in [0.4, 0.5) is 10.6 Å². The lowest BCUT2D eigenvalue weighted by Gasteiger charge is -2.32. The number of nitrogens with zero attached hydrogens (tertiary/aromatic N) is 5. The van der Waals surface area contributed by atoms with Gasteiger partial charge in [-0.05, 0) is 37.5 Å². The monoisotopic (exact) mass is 340 g/mol. The lowest BCUT2D eigenvalue weighted by atomic mass is 10.1. The highest BCUT2D eigenvalue weighted by atomic mass is 16.2. The van der Waals surface area contributed by atoms with Crippen LogP contribution >= 0.6 is 0 Å². The summed E-state index contributed by atoms with van der Waals surface area (Å²) in [5, 5.41) is 7.51. The quantitative estimate of drug-likeness (QED) is 0.927. The maximum absolute atomic E-state index is 12.5. The number of piperidine rings is 1. The number of likely N-dealkylation sites (tertiary alicyclic amines) is 1. The summed E-state index contributed by atoms with van der Waals surface area (Å²) in [4.78, 5) is 21.1. The Morgan fingerprint density at radius 2 is 1.96 bits per heavy atom.